The van der Waals surface area contributed by atoms with E-state index in [0.29, 0.717) is 5.02 Å². The van der Waals surface area contributed by atoms with Crippen LogP contribution in [-0.4, -0.2) is 31.9 Å². The Bertz CT molecular complexity index is 911. The summed E-state index contributed by atoms with van der Waals surface area (Å²) >= 11 is 5.95. The van der Waals surface area contributed by atoms with Crippen LogP contribution in [-0.2, 0) is 14.8 Å². The Kier molecular flexibility index (Phi) is 5.66. The van der Waals surface area contributed by atoms with Gasteiger partial charge in [-0.25, -0.2) is 8.42 Å². The molecule has 0 aromatic heterocycles. The lowest BCUT2D eigenvalue weighted by molar-refractivity contribution is -0.135. The smallest absolute Gasteiger partial charge is 0.322 e. The zero-order chi connectivity index (χ0) is 18.6. The van der Waals surface area contributed by atoms with Gasteiger partial charge in [0, 0.05) is 16.3 Å². The summed E-state index contributed by atoms with van der Waals surface area (Å²) in [6.45, 7) is 1.27. The second kappa shape index (κ2) is 7.54. The average molecular weight is 383 g/mol. The van der Waals surface area contributed by atoms with Crippen molar-refractivity contribution in [2.24, 2.45) is 0 Å². The van der Waals surface area contributed by atoms with Crippen molar-refractivity contribution >= 4 is 39.2 Å². The largest absolute Gasteiger partial charge is 0.480 e. The molecule has 0 aliphatic heterocycles. The molecule has 7 nitrogen and oxygen atoms in total. The first-order valence-corrected chi connectivity index (χ1v) is 8.94. The molecule has 0 saturated heterocycles. The highest BCUT2D eigenvalue weighted by atomic mass is 35.5. The molecule has 0 bridgehead atoms. The van der Waals surface area contributed by atoms with E-state index in [9.17, 15) is 18.0 Å². The number of hydrogen-bond acceptors (Lipinski definition) is 4. The number of hydrogen-bond donors (Lipinski definition) is 3. The van der Waals surface area contributed by atoms with E-state index in [2.05, 4.69) is 10.0 Å². The van der Waals surface area contributed by atoms with Crippen molar-refractivity contribution in [1.29, 1.82) is 0 Å². The Morgan fingerprint density at radius 3 is 2.32 bits per heavy atom. The molecular formula is C16H15ClN2O5S. The fourth-order valence-electron chi connectivity index (χ4n) is 1.90. The molecule has 1 amide bonds. The number of carbonyl (C=O) groups excluding carboxylic acids is 1. The highest BCUT2D eigenvalue weighted by Gasteiger charge is 2.16. The molecule has 0 atom stereocenters. The summed E-state index contributed by atoms with van der Waals surface area (Å²) in [6, 6.07) is 9.98. The van der Waals surface area contributed by atoms with Crippen molar-refractivity contribution in [3.63, 3.8) is 0 Å². The van der Waals surface area contributed by atoms with E-state index in [-0.39, 0.29) is 16.1 Å². The van der Waals surface area contributed by atoms with Gasteiger partial charge >= 0.3 is 5.97 Å². The van der Waals surface area contributed by atoms with Gasteiger partial charge in [0.25, 0.3) is 15.9 Å². The number of halogens is 1. The number of carbonyl (C=O) groups is 2. The molecule has 0 saturated carbocycles. The van der Waals surface area contributed by atoms with Crippen LogP contribution in [0.5, 0.6) is 0 Å². The fourth-order valence-corrected chi connectivity index (χ4v) is 3.23. The maximum absolute atomic E-state index is 12.3. The zero-order valence-corrected chi connectivity index (χ0v) is 14.7. The number of aryl methyl sites for hydroxylation is 1. The van der Waals surface area contributed by atoms with Crippen LogP contribution in [0.1, 0.15) is 15.9 Å². The molecular weight excluding hydrogens is 368 g/mol. The summed E-state index contributed by atoms with van der Waals surface area (Å²) in [5.41, 5.74) is 1.23. The first kappa shape index (κ1) is 18.8. The van der Waals surface area contributed by atoms with Crippen LogP contribution in [0.4, 0.5) is 5.69 Å². The van der Waals surface area contributed by atoms with Crippen LogP contribution in [0, 0.1) is 6.92 Å². The number of anilines is 1. The van der Waals surface area contributed by atoms with Gasteiger partial charge in [0.1, 0.15) is 6.54 Å². The minimum atomic E-state index is -3.82. The monoisotopic (exact) mass is 382 g/mol. The second-order valence-electron chi connectivity index (χ2n) is 5.17. The van der Waals surface area contributed by atoms with E-state index in [0.717, 1.165) is 5.56 Å². The number of sulfonamides is 1. The minimum absolute atomic E-state index is 0.0198. The molecule has 0 heterocycles. The normalized spacial score (nSPS) is 11.0. The summed E-state index contributed by atoms with van der Waals surface area (Å²) in [4.78, 5) is 22.2. The first-order chi connectivity index (χ1) is 11.7. The van der Waals surface area contributed by atoms with Crippen LogP contribution in [0.25, 0.3) is 0 Å². The Morgan fingerprint density at radius 1 is 1.12 bits per heavy atom. The SMILES string of the molecule is Cc1ccc(S(=O)(=O)Nc2ccc(C(=O)NCC(=O)O)cc2)cc1Cl. The lowest BCUT2D eigenvalue weighted by Crippen LogP contribution is -2.29. The van der Waals surface area contributed by atoms with Crippen molar-refractivity contribution < 1.29 is 23.1 Å². The van der Waals surface area contributed by atoms with Crippen molar-refractivity contribution in [2.75, 3.05) is 11.3 Å². The third kappa shape index (κ3) is 4.94. The van der Waals surface area contributed by atoms with Gasteiger partial charge in [0.2, 0.25) is 0 Å². The highest BCUT2D eigenvalue weighted by Crippen LogP contribution is 2.22. The summed E-state index contributed by atoms with van der Waals surface area (Å²) in [5, 5.41) is 11.1. The van der Waals surface area contributed by atoms with Gasteiger partial charge in [0.05, 0.1) is 4.90 Å². The maximum Gasteiger partial charge on any atom is 0.322 e. The molecule has 9 heteroatoms. The van der Waals surface area contributed by atoms with Crippen molar-refractivity contribution in [1.82, 2.24) is 5.32 Å². The fraction of sp³-hybridized carbons (Fsp3) is 0.125. The lowest BCUT2D eigenvalue weighted by atomic mass is 10.2. The van der Waals surface area contributed by atoms with Crippen LogP contribution in [0.3, 0.4) is 0 Å². The van der Waals surface area contributed by atoms with Crippen LogP contribution in [0.2, 0.25) is 5.02 Å². The van der Waals surface area contributed by atoms with E-state index in [1.807, 2.05) is 0 Å². The average Bonchev–Trinajstić information content (AvgIpc) is 2.55. The molecule has 2 aromatic carbocycles. The number of amides is 1. The Balaban J connectivity index is 2.13. The summed E-state index contributed by atoms with van der Waals surface area (Å²) in [7, 11) is -3.82. The van der Waals surface area contributed by atoms with Crippen molar-refractivity contribution in [2.45, 2.75) is 11.8 Å². The van der Waals surface area contributed by atoms with Crippen LogP contribution >= 0.6 is 11.6 Å². The molecule has 0 fully saturated rings. The lowest BCUT2D eigenvalue weighted by Gasteiger charge is -2.10. The zero-order valence-electron chi connectivity index (χ0n) is 13.1. The highest BCUT2D eigenvalue weighted by molar-refractivity contribution is 7.92. The van der Waals surface area contributed by atoms with Gasteiger partial charge in [-0.2, -0.15) is 0 Å². The summed E-state index contributed by atoms with van der Waals surface area (Å²) < 4.78 is 27.1. The maximum atomic E-state index is 12.3. The number of benzene rings is 2. The molecule has 0 aliphatic carbocycles. The Hall–Kier alpha value is -2.58. The van der Waals surface area contributed by atoms with Gasteiger partial charge < -0.3 is 10.4 Å². The van der Waals surface area contributed by atoms with Gasteiger partial charge in [-0.1, -0.05) is 17.7 Å². The van der Waals surface area contributed by atoms with Crippen molar-refractivity contribution in [3.8, 4) is 0 Å². The van der Waals surface area contributed by atoms with Crippen molar-refractivity contribution in [3.05, 3.63) is 58.6 Å². The molecule has 25 heavy (non-hydrogen) atoms. The first-order valence-electron chi connectivity index (χ1n) is 7.08. The third-order valence-electron chi connectivity index (χ3n) is 3.25. The number of aliphatic carboxylic acids is 1. The standard InChI is InChI=1S/C16H15ClN2O5S/c1-10-2-7-13(8-14(10)17)25(23,24)19-12-5-3-11(4-6-12)16(22)18-9-15(20)21/h2-8,19H,9H2,1H3,(H,18,22)(H,20,21). The predicted octanol–water partition coefficient (Wildman–Crippen LogP) is 2.26. The molecule has 0 unspecified atom stereocenters. The van der Waals surface area contributed by atoms with Gasteiger partial charge in [0.15, 0.2) is 0 Å². The Labute approximate surface area is 149 Å². The quantitative estimate of drug-likeness (QED) is 0.709. The van der Waals surface area contributed by atoms with E-state index in [4.69, 9.17) is 16.7 Å². The van der Waals surface area contributed by atoms with E-state index in [1.165, 1.54) is 36.4 Å². The molecule has 3 N–H and O–H groups in total. The van der Waals surface area contributed by atoms with Crippen LogP contribution < -0.4 is 10.0 Å². The second-order valence-corrected chi connectivity index (χ2v) is 7.26. The minimum Gasteiger partial charge on any atom is -0.480 e. The molecule has 0 radical (unpaired) electrons. The van der Waals surface area contributed by atoms with E-state index >= 15 is 0 Å². The van der Waals surface area contributed by atoms with E-state index < -0.39 is 28.4 Å². The molecule has 2 rings (SSSR count). The predicted molar refractivity (Wildman–Crippen MR) is 93.4 cm³/mol. The molecule has 0 aliphatic rings. The third-order valence-corrected chi connectivity index (χ3v) is 5.04. The molecule has 132 valence electrons. The number of carboxylic acid groups (broad SMARTS) is 1. The van der Waals surface area contributed by atoms with Gasteiger partial charge in [-0.15, -0.1) is 0 Å². The van der Waals surface area contributed by atoms with Crippen LogP contribution in [0.15, 0.2) is 47.4 Å². The number of rotatable bonds is 6. The number of nitrogens with one attached hydrogen (secondary N) is 2. The number of carboxylic acids is 1. The van der Waals surface area contributed by atoms with Gasteiger partial charge in [-0.3, -0.25) is 14.3 Å². The summed E-state index contributed by atoms with van der Waals surface area (Å²) in [5.74, 6) is -1.73. The molecule has 2 aromatic rings. The van der Waals surface area contributed by atoms with E-state index in [1.54, 1.807) is 13.0 Å². The Morgan fingerprint density at radius 2 is 1.76 bits per heavy atom. The topological polar surface area (TPSA) is 113 Å². The van der Waals surface area contributed by atoms with Gasteiger partial charge in [-0.05, 0) is 48.9 Å². The molecule has 0 spiro atoms. The summed E-state index contributed by atoms with van der Waals surface area (Å²) in [6.07, 6.45) is 0.